The first kappa shape index (κ1) is 14.3. The Bertz CT molecular complexity index is 646. The van der Waals surface area contributed by atoms with Crippen LogP contribution in [0, 0.1) is 5.82 Å². The fraction of sp³-hybridized carbons (Fsp3) is 0.133. The normalized spacial score (nSPS) is 10.3. The molecule has 0 aliphatic carbocycles. The maximum Gasteiger partial charge on any atom is 0.258 e. The van der Waals surface area contributed by atoms with Crippen molar-refractivity contribution in [2.75, 3.05) is 11.4 Å². The lowest BCUT2D eigenvalue weighted by atomic mass is 10.1. The van der Waals surface area contributed by atoms with Crippen molar-refractivity contribution in [3.63, 3.8) is 0 Å². The fourth-order valence-corrected chi connectivity index (χ4v) is 2.07. The van der Waals surface area contributed by atoms with Gasteiger partial charge in [-0.15, -0.1) is 0 Å². The van der Waals surface area contributed by atoms with Crippen LogP contribution in [0.2, 0.25) is 5.02 Å². The van der Waals surface area contributed by atoms with Crippen molar-refractivity contribution < 1.29 is 14.3 Å². The van der Waals surface area contributed by atoms with E-state index in [0.29, 0.717) is 6.54 Å². The molecule has 20 heavy (non-hydrogen) atoms. The van der Waals surface area contributed by atoms with E-state index >= 15 is 0 Å². The van der Waals surface area contributed by atoms with E-state index in [0.717, 1.165) is 0 Å². The SMILES string of the molecule is CCN(C(=O)c1ccc(O)c(Cl)c1)c1ccccc1F. The molecule has 0 saturated carbocycles. The molecular weight excluding hydrogens is 281 g/mol. The van der Waals surface area contributed by atoms with Crippen LogP contribution >= 0.6 is 11.6 Å². The first-order valence-corrected chi connectivity index (χ1v) is 6.47. The molecule has 0 unspecified atom stereocenters. The minimum atomic E-state index is -0.465. The summed E-state index contributed by atoms with van der Waals surface area (Å²) < 4.78 is 13.8. The third kappa shape index (κ3) is 2.75. The van der Waals surface area contributed by atoms with Crippen LogP contribution in [0.25, 0.3) is 0 Å². The predicted octanol–water partition coefficient (Wildman–Crippen LogP) is 3.85. The van der Waals surface area contributed by atoms with Gasteiger partial charge in [-0.05, 0) is 37.3 Å². The summed E-state index contributed by atoms with van der Waals surface area (Å²) in [5, 5.41) is 9.45. The Labute approximate surface area is 121 Å². The molecule has 0 fully saturated rings. The van der Waals surface area contributed by atoms with Gasteiger partial charge in [0.25, 0.3) is 5.91 Å². The van der Waals surface area contributed by atoms with Gasteiger partial charge in [0.1, 0.15) is 11.6 Å². The van der Waals surface area contributed by atoms with Crippen molar-refractivity contribution in [1.29, 1.82) is 0 Å². The highest BCUT2D eigenvalue weighted by atomic mass is 35.5. The van der Waals surface area contributed by atoms with Crippen LogP contribution in [0.4, 0.5) is 10.1 Å². The number of phenolic OH excluding ortho intramolecular Hbond substituents is 1. The van der Waals surface area contributed by atoms with E-state index in [2.05, 4.69) is 0 Å². The number of hydrogen-bond acceptors (Lipinski definition) is 2. The Hall–Kier alpha value is -2.07. The van der Waals surface area contributed by atoms with E-state index in [1.165, 1.54) is 29.2 Å². The molecule has 104 valence electrons. The van der Waals surface area contributed by atoms with E-state index in [9.17, 15) is 14.3 Å². The van der Waals surface area contributed by atoms with Gasteiger partial charge in [0.05, 0.1) is 10.7 Å². The molecule has 1 N–H and O–H groups in total. The number of amides is 1. The zero-order chi connectivity index (χ0) is 14.7. The standard InChI is InChI=1S/C15H13ClFNO2/c1-2-18(13-6-4-3-5-12(13)17)15(20)10-7-8-14(19)11(16)9-10/h3-9,19H,2H2,1H3. The van der Waals surface area contributed by atoms with Gasteiger partial charge in [0.15, 0.2) is 0 Å². The highest BCUT2D eigenvalue weighted by molar-refractivity contribution is 6.32. The van der Waals surface area contributed by atoms with Crippen molar-refractivity contribution in [2.45, 2.75) is 6.92 Å². The lowest BCUT2D eigenvalue weighted by molar-refractivity contribution is 0.0987. The largest absolute Gasteiger partial charge is 0.506 e. The number of rotatable bonds is 3. The van der Waals surface area contributed by atoms with Crippen LogP contribution in [0.15, 0.2) is 42.5 Å². The average Bonchev–Trinajstić information content (AvgIpc) is 2.44. The highest BCUT2D eigenvalue weighted by Crippen LogP contribution is 2.26. The summed E-state index contributed by atoms with van der Waals surface area (Å²) in [6.45, 7) is 2.07. The molecule has 0 saturated heterocycles. The molecule has 0 heterocycles. The second-order valence-corrected chi connectivity index (χ2v) is 4.57. The molecule has 0 aromatic heterocycles. The minimum absolute atomic E-state index is 0.0837. The number of aromatic hydroxyl groups is 1. The van der Waals surface area contributed by atoms with Gasteiger partial charge in [-0.1, -0.05) is 23.7 Å². The summed E-state index contributed by atoms with van der Waals surface area (Å²) in [7, 11) is 0. The summed E-state index contributed by atoms with van der Waals surface area (Å²) >= 11 is 5.79. The number of anilines is 1. The van der Waals surface area contributed by atoms with E-state index in [4.69, 9.17) is 11.6 Å². The van der Waals surface area contributed by atoms with Crippen molar-refractivity contribution in [1.82, 2.24) is 0 Å². The first-order valence-electron chi connectivity index (χ1n) is 6.09. The van der Waals surface area contributed by atoms with Crippen LogP contribution in [-0.2, 0) is 0 Å². The number of halogens is 2. The van der Waals surface area contributed by atoms with Crippen LogP contribution in [-0.4, -0.2) is 17.6 Å². The smallest absolute Gasteiger partial charge is 0.258 e. The first-order chi connectivity index (χ1) is 9.54. The predicted molar refractivity (Wildman–Crippen MR) is 76.9 cm³/mol. The van der Waals surface area contributed by atoms with E-state index < -0.39 is 5.82 Å². The van der Waals surface area contributed by atoms with E-state index in [-0.39, 0.29) is 27.9 Å². The molecule has 0 bridgehead atoms. The third-order valence-corrected chi connectivity index (χ3v) is 3.20. The molecular formula is C15H13ClFNO2. The Morgan fingerprint density at radius 1 is 1.30 bits per heavy atom. The lowest BCUT2D eigenvalue weighted by Crippen LogP contribution is -2.31. The lowest BCUT2D eigenvalue weighted by Gasteiger charge is -2.21. The summed E-state index contributed by atoms with van der Waals surface area (Å²) in [5.41, 5.74) is 0.502. The number of phenols is 1. The minimum Gasteiger partial charge on any atom is -0.506 e. The number of benzene rings is 2. The maximum absolute atomic E-state index is 13.8. The Balaban J connectivity index is 2.39. The van der Waals surface area contributed by atoms with E-state index in [1.54, 1.807) is 25.1 Å². The van der Waals surface area contributed by atoms with Gasteiger partial charge in [-0.25, -0.2) is 4.39 Å². The van der Waals surface area contributed by atoms with Gasteiger partial charge in [0, 0.05) is 12.1 Å². The number of para-hydroxylation sites is 1. The van der Waals surface area contributed by atoms with Crippen molar-refractivity contribution in [3.05, 3.63) is 58.9 Å². The van der Waals surface area contributed by atoms with Crippen molar-refractivity contribution in [2.24, 2.45) is 0 Å². The topological polar surface area (TPSA) is 40.5 Å². The molecule has 0 atom stereocenters. The van der Waals surface area contributed by atoms with Crippen LogP contribution in [0.5, 0.6) is 5.75 Å². The summed E-state index contributed by atoms with van der Waals surface area (Å²) in [6.07, 6.45) is 0. The van der Waals surface area contributed by atoms with E-state index in [1.807, 2.05) is 0 Å². The zero-order valence-corrected chi connectivity index (χ0v) is 11.6. The maximum atomic E-state index is 13.8. The van der Waals surface area contributed by atoms with Crippen LogP contribution in [0.1, 0.15) is 17.3 Å². The number of carbonyl (C=O) groups excluding carboxylic acids is 1. The van der Waals surface area contributed by atoms with Crippen LogP contribution in [0.3, 0.4) is 0 Å². The van der Waals surface area contributed by atoms with Crippen molar-refractivity contribution >= 4 is 23.2 Å². The number of hydrogen-bond donors (Lipinski definition) is 1. The quantitative estimate of drug-likeness (QED) is 0.934. The molecule has 0 radical (unpaired) electrons. The molecule has 2 rings (SSSR count). The Morgan fingerprint density at radius 3 is 2.60 bits per heavy atom. The molecule has 0 aliphatic rings. The van der Waals surface area contributed by atoms with Crippen molar-refractivity contribution in [3.8, 4) is 5.75 Å². The molecule has 2 aromatic carbocycles. The summed E-state index contributed by atoms with van der Waals surface area (Å²) in [4.78, 5) is 13.7. The molecule has 5 heteroatoms. The molecule has 1 amide bonds. The van der Waals surface area contributed by atoms with Gasteiger partial charge in [0.2, 0.25) is 0 Å². The second kappa shape index (κ2) is 5.92. The van der Waals surface area contributed by atoms with Gasteiger partial charge >= 0.3 is 0 Å². The van der Waals surface area contributed by atoms with Gasteiger partial charge in [-0.3, -0.25) is 4.79 Å². The molecule has 3 nitrogen and oxygen atoms in total. The molecule has 2 aromatic rings. The van der Waals surface area contributed by atoms with Gasteiger partial charge < -0.3 is 10.0 Å². The second-order valence-electron chi connectivity index (χ2n) is 4.17. The average molecular weight is 294 g/mol. The van der Waals surface area contributed by atoms with Gasteiger partial charge in [-0.2, -0.15) is 0 Å². The monoisotopic (exact) mass is 293 g/mol. The number of nitrogens with zero attached hydrogens (tertiary/aromatic N) is 1. The number of carbonyl (C=O) groups is 1. The Kier molecular flexibility index (Phi) is 4.25. The molecule has 0 aliphatic heterocycles. The molecule has 0 spiro atoms. The fourth-order valence-electron chi connectivity index (χ4n) is 1.89. The van der Waals surface area contributed by atoms with Crippen LogP contribution < -0.4 is 4.90 Å². The zero-order valence-electron chi connectivity index (χ0n) is 10.8. The third-order valence-electron chi connectivity index (χ3n) is 2.90. The summed E-state index contributed by atoms with van der Waals surface area (Å²) in [6, 6.07) is 10.2. The summed E-state index contributed by atoms with van der Waals surface area (Å²) in [5.74, 6) is -0.941. The highest BCUT2D eigenvalue weighted by Gasteiger charge is 2.19. The Morgan fingerprint density at radius 2 is 2.00 bits per heavy atom.